The smallest absolute Gasteiger partial charge is 0.0622 e. The quantitative estimate of drug-likeness (QED) is 0.900. The Morgan fingerprint density at radius 2 is 2.32 bits per heavy atom. The summed E-state index contributed by atoms with van der Waals surface area (Å²) in [5.41, 5.74) is 2.67. The minimum absolute atomic E-state index is 0.553. The first-order valence-corrected chi connectivity index (χ1v) is 7.77. The predicted molar refractivity (Wildman–Crippen MR) is 82.2 cm³/mol. The molecule has 0 spiro atoms. The normalized spacial score (nSPS) is 20.7. The molecule has 1 atom stereocenters. The zero-order valence-corrected chi connectivity index (χ0v) is 13.4. The Kier molecular flexibility index (Phi) is 5.82. The number of rotatable bonds is 5. The molecule has 3 nitrogen and oxygen atoms in total. The molecular formula is C15H23BrN2O. The summed E-state index contributed by atoms with van der Waals surface area (Å²) in [5.74, 6) is 0. The molecular weight excluding hydrogens is 304 g/mol. The summed E-state index contributed by atoms with van der Waals surface area (Å²) in [6.07, 6.45) is 1.15. The van der Waals surface area contributed by atoms with Crippen molar-refractivity contribution in [2.75, 3.05) is 26.8 Å². The van der Waals surface area contributed by atoms with Crippen molar-refractivity contribution < 1.29 is 4.74 Å². The molecule has 0 bridgehead atoms. The van der Waals surface area contributed by atoms with E-state index in [2.05, 4.69) is 51.3 Å². The summed E-state index contributed by atoms with van der Waals surface area (Å²) in [6.45, 7) is 6.90. The van der Waals surface area contributed by atoms with Crippen LogP contribution < -0.4 is 5.32 Å². The zero-order valence-electron chi connectivity index (χ0n) is 11.8. The Bertz CT molecular complexity index is 411. The highest BCUT2D eigenvalue weighted by Gasteiger charge is 2.21. The van der Waals surface area contributed by atoms with E-state index >= 15 is 0 Å². The number of nitrogens with zero attached hydrogens (tertiary/aromatic N) is 1. The average Bonchev–Trinajstić information content (AvgIpc) is 2.43. The van der Waals surface area contributed by atoms with Crippen LogP contribution in [0, 0.1) is 0 Å². The fourth-order valence-corrected chi connectivity index (χ4v) is 3.08. The summed E-state index contributed by atoms with van der Waals surface area (Å²) in [5, 5.41) is 3.18. The SMILES string of the molecule is CCC1COCCN1Cc1ccc(CNC)cc1Br. The van der Waals surface area contributed by atoms with Gasteiger partial charge in [-0.1, -0.05) is 35.0 Å². The van der Waals surface area contributed by atoms with E-state index in [0.717, 1.165) is 39.3 Å². The molecule has 1 N–H and O–H groups in total. The molecule has 0 aromatic heterocycles. The summed E-state index contributed by atoms with van der Waals surface area (Å²) in [4.78, 5) is 2.53. The van der Waals surface area contributed by atoms with E-state index in [-0.39, 0.29) is 0 Å². The van der Waals surface area contributed by atoms with Crippen molar-refractivity contribution in [3.05, 3.63) is 33.8 Å². The summed E-state index contributed by atoms with van der Waals surface area (Å²) < 4.78 is 6.77. The average molecular weight is 327 g/mol. The molecule has 19 heavy (non-hydrogen) atoms. The van der Waals surface area contributed by atoms with Crippen molar-refractivity contribution >= 4 is 15.9 Å². The first kappa shape index (κ1) is 15.0. The molecule has 1 heterocycles. The van der Waals surface area contributed by atoms with Crippen LogP contribution in [0.4, 0.5) is 0 Å². The van der Waals surface area contributed by atoms with Crippen LogP contribution in [-0.4, -0.2) is 37.7 Å². The van der Waals surface area contributed by atoms with Gasteiger partial charge in [-0.2, -0.15) is 0 Å². The fourth-order valence-electron chi connectivity index (χ4n) is 2.53. The maximum atomic E-state index is 5.56. The van der Waals surface area contributed by atoms with Gasteiger partial charge in [0.15, 0.2) is 0 Å². The number of hydrogen-bond acceptors (Lipinski definition) is 3. The number of halogens is 1. The first-order valence-electron chi connectivity index (χ1n) is 6.98. The van der Waals surface area contributed by atoms with Gasteiger partial charge in [0.2, 0.25) is 0 Å². The third kappa shape index (κ3) is 4.02. The van der Waals surface area contributed by atoms with Crippen LogP contribution >= 0.6 is 15.9 Å². The fraction of sp³-hybridized carbons (Fsp3) is 0.600. The summed E-state index contributed by atoms with van der Waals surface area (Å²) >= 11 is 3.70. The van der Waals surface area contributed by atoms with E-state index in [1.807, 2.05) is 7.05 Å². The molecule has 0 radical (unpaired) electrons. The van der Waals surface area contributed by atoms with Crippen LogP contribution in [0.3, 0.4) is 0 Å². The van der Waals surface area contributed by atoms with Crippen molar-refractivity contribution in [2.24, 2.45) is 0 Å². The van der Waals surface area contributed by atoms with Crippen LogP contribution in [0.2, 0.25) is 0 Å². The predicted octanol–water partition coefficient (Wildman–Crippen LogP) is 2.78. The molecule has 0 saturated carbocycles. The lowest BCUT2D eigenvalue weighted by Crippen LogP contribution is -2.44. The topological polar surface area (TPSA) is 24.5 Å². The maximum Gasteiger partial charge on any atom is 0.0622 e. The van der Waals surface area contributed by atoms with Gasteiger partial charge in [-0.15, -0.1) is 0 Å². The van der Waals surface area contributed by atoms with Gasteiger partial charge in [-0.05, 0) is 30.7 Å². The Balaban J connectivity index is 2.05. The minimum Gasteiger partial charge on any atom is -0.378 e. The molecule has 1 aliphatic rings. The highest BCUT2D eigenvalue weighted by atomic mass is 79.9. The standard InChI is InChI=1S/C15H23BrN2O/c1-3-14-11-19-7-6-18(14)10-13-5-4-12(9-17-2)8-15(13)16/h4-5,8,14,17H,3,6-7,9-11H2,1-2H3. The van der Waals surface area contributed by atoms with Gasteiger partial charge >= 0.3 is 0 Å². The van der Waals surface area contributed by atoms with Gasteiger partial charge in [0.1, 0.15) is 0 Å². The minimum atomic E-state index is 0.553. The highest BCUT2D eigenvalue weighted by molar-refractivity contribution is 9.10. The number of benzene rings is 1. The highest BCUT2D eigenvalue weighted by Crippen LogP contribution is 2.22. The van der Waals surface area contributed by atoms with Gasteiger partial charge in [0.25, 0.3) is 0 Å². The van der Waals surface area contributed by atoms with E-state index in [0.29, 0.717) is 6.04 Å². The van der Waals surface area contributed by atoms with Crippen LogP contribution in [0.1, 0.15) is 24.5 Å². The Morgan fingerprint density at radius 1 is 1.47 bits per heavy atom. The van der Waals surface area contributed by atoms with E-state index in [9.17, 15) is 0 Å². The lowest BCUT2D eigenvalue weighted by molar-refractivity contribution is -0.0128. The molecule has 1 saturated heterocycles. The molecule has 1 aromatic carbocycles. The second-order valence-electron chi connectivity index (χ2n) is 5.06. The largest absolute Gasteiger partial charge is 0.378 e. The second kappa shape index (κ2) is 7.39. The Morgan fingerprint density at radius 3 is 3.00 bits per heavy atom. The van der Waals surface area contributed by atoms with Gasteiger partial charge in [-0.25, -0.2) is 0 Å². The molecule has 106 valence electrons. The molecule has 2 rings (SSSR count). The van der Waals surface area contributed by atoms with Crippen molar-refractivity contribution in [1.29, 1.82) is 0 Å². The van der Waals surface area contributed by atoms with Gasteiger partial charge in [0.05, 0.1) is 13.2 Å². The van der Waals surface area contributed by atoms with E-state index in [4.69, 9.17) is 4.74 Å². The summed E-state index contributed by atoms with van der Waals surface area (Å²) in [7, 11) is 1.97. The molecule has 0 aliphatic carbocycles. The number of ether oxygens (including phenoxy) is 1. The lowest BCUT2D eigenvalue weighted by Gasteiger charge is -2.35. The molecule has 0 amide bonds. The summed E-state index contributed by atoms with van der Waals surface area (Å²) in [6, 6.07) is 7.21. The number of hydrogen-bond donors (Lipinski definition) is 1. The van der Waals surface area contributed by atoms with Crippen LogP contribution in [0.25, 0.3) is 0 Å². The van der Waals surface area contributed by atoms with Crippen molar-refractivity contribution in [1.82, 2.24) is 10.2 Å². The van der Waals surface area contributed by atoms with Crippen LogP contribution in [0.15, 0.2) is 22.7 Å². The van der Waals surface area contributed by atoms with Crippen molar-refractivity contribution in [2.45, 2.75) is 32.5 Å². The maximum absolute atomic E-state index is 5.56. The van der Waals surface area contributed by atoms with Crippen molar-refractivity contribution in [3.8, 4) is 0 Å². The first-order chi connectivity index (χ1) is 9.24. The molecule has 1 fully saturated rings. The number of morpholine rings is 1. The molecule has 1 unspecified atom stereocenters. The Hall–Kier alpha value is -0.420. The van der Waals surface area contributed by atoms with Crippen LogP contribution in [-0.2, 0) is 17.8 Å². The van der Waals surface area contributed by atoms with Gasteiger partial charge in [0, 0.05) is 30.1 Å². The van der Waals surface area contributed by atoms with Crippen molar-refractivity contribution in [3.63, 3.8) is 0 Å². The third-order valence-electron chi connectivity index (χ3n) is 3.69. The van der Waals surface area contributed by atoms with E-state index in [1.165, 1.54) is 15.6 Å². The van der Waals surface area contributed by atoms with Gasteiger partial charge < -0.3 is 10.1 Å². The number of nitrogens with one attached hydrogen (secondary N) is 1. The van der Waals surface area contributed by atoms with Gasteiger partial charge in [-0.3, -0.25) is 4.90 Å². The van der Waals surface area contributed by atoms with E-state index in [1.54, 1.807) is 0 Å². The van der Waals surface area contributed by atoms with Crippen LogP contribution in [0.5, 0.6) is 0 Å². The molecule has 1 aromatic rings. The molecule has 1 aliphatic heterocycles. The lowest BCUT2D eigenvalue weighted by atomic mass is 10.1. The monoisotopic (exact) mass is 326 g/mol. The zero-order chi connectivity index (χ0) is 13.7. The second-order valence-corrected chi connectivity index (χ2v) is 5.92. The third-order valence-corrected chi connectivity index (χ3v) is 4.43. The Labute approximate surface area is 124 Å². The molecule has 4 heteroatoms. The van der Waals surface area contributed by atoms with E-state index < -0.39 is 0 Å².